The molecule has 1 fully saturated rings. The molecule has 0 bridgehead atoms. The maximum atomic E-state index is 14.5. The molecule has 0 spiro atoms. The molecule has 0 radical (unpaired) electrons. The molecular formula is C50H63N3O12S. The van der Waals surface area contributed by atoms with Crippen LogP contribution in [-0.4, -0.2) is 108 Å². The van der Waals surface area contributed by atoms with Gasteiger partial charge in [0.05, 0.1) is 49.6 Å². The molecule has 15 nitrogen and oxygen atoms in total. The molecule has 6 atom stereocenters. The Hall–Kier alpha value is -5.23. The lowest BCUT2D eigenvalue weighted by Gasteiger charge is -2.59. The molecule has 16 heteroatoms. The highest BCUT2D eigenvalue weighted by Crippen LogP contribution is 2.62. The summed E-state index contributed by atoms with van der Waals surface area (Å²) in [5, 5.41) is 45.7. The van der Waals surface area contributed by atoms with Gasteiger partial charge in [0.2, 0.25) is 5.79 Å². The molecule has 1 amide bonds. The zero-order valence-electron chi connectivity index (χ0n) is 37.7. The molecule has 66 heavy (non-hydrogen) atoms. The monoisotopic (exact) mass is 929 g/mol. The normalized spacial score (nSPS) is 22.3. The Morgan fingerprint density at radius 1 is 0.955 bits per heavy atom. The first-order valence-corrected chi connectivity index (χ1v) is 23.9. The summed E-state index contributed by atoms with van der Waals surface area (Å²) in [6.45, 7) is 8.02. The van der Waals surface area contributed by atoms with Crippen molar-refractivity contribution < 1.29 is 53.6 Å². The van der Waals surface area contributed by atoms with E-state index in [2.05, 4.69) is 19.2 Å². The first kappa shape index (κ1) is 50.2. The van der Waals surface area contributed by atoms with E-state index in [-0.39, 0.29) is 89.3 Å². The summed E-state index contributed by atoms with van der Waals surface area (Å²) in [6.07, 6.45) is 11.7. The minimum atomic E-state index is -1.55. The number of allylic oxidation sites excluding steroid dienone is 1. The Kier molecular flexibility index (Phi) is 19.1. The van der Waals surface area contributed by atoms with E-state index in [1.807, 2.05) is 48.7 Å². The molecule has 3 aromatic rings. The van der Waals surface area contributed by atoms with E-state index in [4.69, 9.17) is 33.7 Å². The summed E-state index contributed by atoms with van der Waals surface area (Å²) >= 11 is 1.64. The minimum Gasteiger partial charge on any atom is -0.459 e. The number of thioether (sulfide) groups is 1. The number of amides is 1. The number of fused-ring (bicyclic) bond motifs is 2. The predicted octanol–water partition coefficient (Wildman–Crippen LogP) is 8.97. The average molecular weight is 930 g/mol. The third-order valence-corrected chi connectivity index (χ3v) is 13.1. The van der Waals surface area contributed by atoms with Crippen LogP contribution in [0.4, 0.5) is 10.5 Å². The lowest BCUT2D eigenvalue weighted by atomic mass is 9.55. The van der Waals surface area contributed by atoms with Crippen LogP contribution < -0.4 is 9.47 Å². The van der Waals surface area contributed by atoms with Crippen molar-refractivity contribution in [1.82, 2.24) is 4.90 Å². The van der Waals surface area contributed by atoms with Gasteiger partial charge in [-0.25, -0.2) is 4.79 Å². The van der Waals surface area contributed by atoms with Gasteiger partial charge in [-0.15, -0.1) is 24.9 Å². The lowest BCUT2D eigenvalue weighted by Crippen LogP contribution is -2.70. The lowest BCUT2D eigenvalue weighted by molar-refractivity contribution is -0.384. The van der Waals surface area contributed by atoms with Gasteiger partial charge in [-0.2, -0.15) is 0 Å². The Labute approximate surface area is 391 Å². The van der Waals surface area contributed by atoms with Gasteiger partial charge in [-0.3, -0.25) is 15.0 Å². The SMILES string of the molecule is C=CCCOC(=O)N(CCOCCO)C1CC(=NOCc2ccc([N+](=O)[O-])cc2)C2=CC(CCCCO)C(CCCCO)C3c4cc(Oc5ccc(SC)cc5)ccc4OC1(OCC=C)C23. The second-order valence-electron chi connectivity index (χ2n) is 16.5. The van der Waals surface area contributed by atoms with Gasteiger partial charge in [0.1, 0.15) is 29.9 Å². The van der Waals surface area contributed by atoms with E-state index in [1.165, 1.54) is 12.1 Å². The van der Waals surface area contributed by atoms with Crippen LogP contribution in [-0.2, 0) is 25.7 Å². The van der Waals surface area contributed by atoms with Crippen LogP contribution in [0.2, 0.25) is 0 Å². The van der Waals surface area contributed by atoms with Gasteiger partial charge in [-0.05, 0) is 116 Å². The second-order valence-corrected chi connectivity index (χ2v) is 17.3. The maximum Gasteiger partial charge on any atom is 0.410 e. The van der Waals surface area contributed by atoms with Crippen molar-refractivity contribution in [3.8, 4) is 17.2 Å². The smallest absolute Gasteiger partial charge is 0.410 e. The van der Waals surface area contributed by atoms with Crippen molar-refractivity contribution in [1.29, 1.82) is 0 Å². The summed E-state index contributed by atoms with van der Waals surface area (Å²) in [6, 6.07) is 18.9. The van der Waals surface area contributed by atoms with Crippen LogP contribution in [0.15, 0.2) is 114 Å². The number of carbonyl (C=O) groups is 1. The minimum absolute atomic E-state index is 0.00954. The number of ether oxygens (including phenoxy) is 5. The summed E-state index contributed by atoms with van der Waals surface area (Å²) in [4.78, 5) is 34.2. The Morgan fingerprint density at radius 3 is 2.38 bits per heavy atom. The molecule has 0 aromatic heterocycles. The average Bonchev–Trinajstić information content (AvgIpc) is 3.33. The van der Waals surface area contributed by atoms with Crippen molar-refractivity contribution >= 4 is 29.3 Å². The molecule has 6 rings (SSSR count). The zero-order chi connectivity index (χ0) is 46.9. The summed E-state index contributed by atoms with van der Waals surface area (Å²) in [7, 11) is 0. The van der Waals surface area contributed by atoms with Crippen LogP contribution in [0.3, 0.4) is 0 Å². The fourth-order valence-corrected chi connectivity index (χ4v) is 9.81. The van der Waals surface area contributed by atoms with Crippen molar-refractivity contribution in [3.05, 3.63) is 125 Å². The maximum absolute atomic E-state index is 14.5. The van der Waals surface area contributed by atoms with E-state index >= 15 is 0 Å². The number of unbranched alkanes of at least 4 members (excludes halogenated alkanes) is 2. The highest BCUT2D eigenvalue weighted by Gasteiger charge is 2.65. The van der Waals surface area contributed by atoms with Gasteiger partial charge in [0.15, 0.2) is 0 Å². The predicted molar refractivity (Wildman–Crippen MR) is 252 cm³/mol. The zero-order valence-corrected chi connectivity index (χ0v) is 38.5. The largest absolute Gasteiger partial charge is 0.459 e. The molecule has 3 aromatic carbocycles. The summed E-state index contributed by atoms with van der Waals surface area (Å²) < 4.78 is 32.5. The highest BCUT2D eigenvalue weighted by molar-refractivity contribution is 7.98. The molecule has 1 heterocycles. The number of non-ortho nitro benzene ring substituents is 1. The van der Waals surface area contributed by atoms with E-state index in [9.17, 15) is 30.2 Å². The van der Waals surface area contributed by atoms with Crippen molar-refractivity contribution in [2.45, 2.75) is 80.6 Å². The second kappa shape index (κ2) is 25.1. The first-order valence-electron chi connectivity index (χ1n) is 22.7. The van der Waals surface area contributed by atoms with Gasteiger partial charge < -0.3 is 43.8 Å². The number of rotatable bonds is 27. The Balaban J connectivity index is 1.56. The molecule has 1 aliphatic heterocycles. The number of aliphatic hydroxyl groups excluding tert-OH is 3. The number of nitro groups is 1. The molecule has 0 saturated heterocycles. The van der Waals surface area contributed by atoms with Gasteiger partial charge in [-0.1, -0.05) is 36.2 Å². The Morgan fingerprint density at radius 2 is 1.70 bits per heavy atom. The number of benzene rings is 3. The van der Waals surface area contributed by atoms with Crippen LogP contribution in [0, 0.1) is 27.9 Å². The number of aliphatic hydroxyl groups is 3. The van der Waals surface area contributed by atoms with Gasteiger partial charge in [0.25, 0.3) is 5.69 Å². The third-order valence-electron chi connectivity index (χ3n) is 12.4. The van der Waals surface area contributed by atoms with Crippen LogP contribution in [0.5, 0.6) is 17.2 Å². The summed E-state index contributed by atoms with van der Waals surface area (Å²) in [5.41, 5.74) is 2.90. The van der Waals surface area contributed by atoms with E-state index < -0.39 is 28.8 Å². The van der Waals surface area contributed by atoms with Crippen LogP contribution >= 0.6 is 11.8 Å². The van der Waals surface area contributed by atoms with E-state index in [0.29, 0.717) is 47.8 Å². The topological polar surface area (TPSA) is 192 Å². The van der Waals surface area contributed by atoms with Gasteiger partial charge in [0, 0.05) is 54.7 Å². The molecule has 356 valence electrons. The number of carbonyl (C=O) groups excluding carboxylic acids is 1. The number of hydrogen-bond acceptors (Lipinski definition) is 14. The van der Waals surface area contributed by atoms with Crippen LogP contribution in [0.1, 0.15) is 68.4 Å². The standard InChI is InChI=1S/C50H63N3O12S/c1-4-6-28-61-49(57)52(23-29-60-30-26-56)46-33-44(51-63-34-35-13-15-37(16-14-35)53(58)59)42-31-36(11-7-9-24-54)41(12-8-10-25-55)47-43-32-39(64-38-17-20-40(66-3)21-18-38)19-22-45(43)65-50(46,48(42)47)62-27-5-2/h4-5,13-22,31-32,36,41,46-48,54-56H,1-2,6-12,23-30,33-34H2,3H3. The molecule has 1 saturated carbocycles. The number of nitrogens with zero attached hydrogens (tertiary/aromatic N) is 3. The molecule has 3 aliphatic rings. The summed E-state index contributed by atoms with van der Waals surface area (Å²) in [5.74, 6) is -0.670. The van der Waals surface area contributed by atoms with Crippen molar-refractivity contribution in [2.75, 3.05) is 59.0 Å². The van der Waals surface area contributed by atoms with Crippen molar-refractivity contribution in [2.24, 2.45) is 22.9 Å². The molecule has 3 N–H and O–H groups in total. The first-order chi connectivity index (χ1) is 32.2. The molecule has 2 aliphatic carbocycles. The van der Waals surface area contributed by atoms with Crippen molar-refractivity contribution in [3.63, 3.8) is 0 Å². The fraction of sp³-hybridized carbons (Fsp3) is 0.480. The van der Waals surface area contributed by atoms with E-state index in [1.54, 1.807) is 40.9 Å². The number of nitro benzene ring substituents is 1. The van der Waals surface area contributed by atoms with E-state index in [0.717, 1.165) is 41.7 Å². The number of oxime groups is 1. The highest BCUT2D eigenvalue weighted by atomic mass is 32.2. The quantitative estimate of drug-likeness (QED) is 0.0216. The molecular weight excluding hydrogens is 867 g/mol. The molecule has 6 unspecified atom stereocenters. The Bertz CT molecular complexity index is 2130. The number of hydrogen-bond donors (Lipinski definition) is 3. The fourth-order valence-electron chi connectivity index (χ4n) is 9.41. The third kappa shape index (κ3) is 12.2. The van der Waals surface area contributed by atoms with Gasteiger partial charge >= 0.3 is 6.09 Å². The van der Waals surface area contributed by atoms with Crippen LogP contribution in [0.25, 0.3) is 0 Å².